The van der Waals surface area contributed by atoms with Crippen LogP contribution in [-0.4, -0.2) is 12.1 Å². The molecule has 0 atom stereocenters. The van der Waals surface area contributed by atoms with Gasteiger partial charge < -0.3 is 9.72 Å². The third-order valence-corrected chi connectivity index (χ3v) is 3.00. The van der Waals surface area contributed by atoms with Crippen molar-refractivity contribution in [3.8, 4) is 5.75 Å². The first kappa shape index (κ1) is 9.55. The molecule has 0 aliphatic rings. The molecule has 1 aromatic heterocycles. The molecule has 3 rings (SSSR count). The minimum atomic E-state index is 0.754. The van der Waals surface area contributed by atoms with Crippen molar-refractivity contribution in [2.75, 3.05) is 7.11 Å². The Morgan fingerprint density at radius 3 is 2.69 bits per heavy atom. The van der Waals surface area contributed by atoms with Crippen LogP contribution in [0, 0.1) is 0 Å². The van der Waals surface area contributed by atoms with E-state index in [1.807, 2.05) is 36.4 Å². The summed E-state index contributed by atoms with van der Waals surface area (Å²) in [7, 11) is 1.67. The first-order valence-corrected chi connectivity index (χ1v) is 5.41. The van der Waals surface area contributed by atoms with Crippen LogP contribution in [-0.2, 0) is 0 Å². The molecule has 0 fully saturated rings. The van der Waals surface area contributed by atoms with E-state index in [0.717, 1.165) is 27.2 Å². The number of nitrogens with one attached hydrogen (secondary N) is 1. The number of rotatable bonds is 1. The highest BCUT2D eigenvalue weighted by Gasteiger charge is 2.05. The third-order valence-electron chi connectivity index (χ3n) is 2.77. The summed E-state index contributed by atoms with van der Waals surface area (Å²) in [6.07, 6.45) is 0. The Kier molecular flexibility index (Phi) is 2.04. The van der Waals surface area contributed by atoms with E-state index in [0.29, 0.717) is 0 Å². The number of hydrogen-bond acceptors (Lipinski definition) is 1. The van der Waals surface area contributed by atoms with E-state index < -0.39 is 0 Å². The van der Waals surface area contributed by atoms with Crippen LogP contribution in [0.25, 0.3) is 21.8 Å². The lowest BCUT2D eigenvalue weighted by molar-refractivity contribution is 0.415. The molecule has 0 aliphatic heterocycles. The Hall–Kier alpha value is -1.67. The van der Waals surface area contributed by atoms with Crippen molar-refractivity contribution in [2.45, 2.75) is 0 Å². The Morgan fingerprint density at radius 1 is 1.00 bits per heavy atom. The molecular weight excluding hydrogens is 222 g/mol. The molecular formula is C13H10ClNO. The van der Waals surface area contributed by atoms with E-state index >= 15 is 0 Å². The molecule has 0 unspecified atom stereocenters. The quantitative estimate of drug-likeness (QED) is 0.673. The summed E-state index contributed by atoms with van der Waals surface area (Å²) in [5, 5.41) is 3.06. The van der Waals surface area contributed by atoms with Crippen molar-refractivity contribution in [2.24, 2.45) is 0 Å². The Bertz CT molecular complexity index is 672. The van der Waals surface area contributed by atoms with Crippen molar-refractivity contribution in [1.82, 2.24) is 4.98 Å². The molecule has 2 aromatic carbocycles. The highest BCUT2D eigenvalue weighted by atomic mass is 35.5. The Balaban J connectivity index is 2.41. The topological polar surface area (TPSA) is 25.0 Å². The Morgan fingerprint density at radius 2 is 1.88 bits per heavy atom. The molecule has 1 heterocycles. The van der Waals surface area contributed by atoms with Gasteiger partial charge in [0, 0.05) is 27.4 Å². The van der Waals surface area contributed by atoms with Crippen molar-refractivity contribution in [3.05, 3.63) is 41.4 Å². The van der Waals surface area contributed by atoms with Gasteiger partial charge in [0.15, 0.2) is 0 Å². The van der Waals surface area contributed by atoms with Gasteiger partial charge in [0.25, 0.3) is 0 Å². The minimum absolute atomic E-state index is 0.754. The minimum Gasteiger partial charge on any atom is -0.497 e. The van der Waals surface area contributed by atoms with Crippen LogP contribution in [0.2, 0.25) is 5.02 Å². The van der Waals surface area contributed by atoms with Crippen LogP contribution in [0.4, 0.5) is 0 Å². The number of aromatic nitrogens is 1. The molecule has 0 saturated carbocycles. The number of fused-ring (bicyclic) bond motifs is 3. The van der Waals surface area contributed by atoms with Gasteiger partial charge in [-0.05, 0) is 30.3 Å². The molecule has 0 saturated heterocycles. The highest BCUT2D eigenvalue weighted by Crippen LogP contribution is 2.29. The second kappa shape index (κ2) is 3.42. The molecule has 3 heteroatoms. The molecule has 1 N–H and O–H groups in total. The molecule has 16 heavy (non-hydrogen) atoms. The van der Waals surface area contributed by atoms with Crippen LogP contribution in [0.1, 0.15) is 0 Å². The van der Waals surface area contributed by atoms with E-state index in [1.54, 1.807) is 7.11 Å². The molecule has 0 spiro atoms. The number of halogens is 1. The summed E-state index contributed by atoms with van der Waals surface area (Å²) < 4.78 is 5.20. The van der Waals surface area contributed by atoms with Crippen LogP contribution in [0.5, 0.6) is 5.75 Å². The summed E-state index contributed by atoms with van der Waals surface area (Å²) in [4.78, 5) is 3.34. The van der Waals surface area contributed by atoms with Gasteiger partial charge in [-0.1, -0.05) is 11.6 Å². The maximum absolute atomic E-state index is 6.00. The fourth-order valence-corrected chi connectivity index (χ4v) is 2.15. The summed E-state index contributed by atoms with van der Waals surface area (Å²) in [5.74, 6) is 0.852. The zero-order valence-corrected chi connectivity index (χ0v) is 9.51. The largest absolute Gasteiger partial charge is 0.497 e. The number of ether oxygens (including phenoxy) is 1. The lowest BCUT2D eigenvalue weighted by Gasteiger charge is -1.98. The number of hydrogen-bond donors (Lipinski definition) is 1. The van der Waals surface area contributed by atoms with Gasteiger partial charge in [0.2, 0.25) is 0 Å². The average molecular weight is 232 g/mol. The molecule has 3 aromatic rings. The van der Waals surface area contributed by atoms with Crippen molar-refractivity contribution >= 4 is 33.4 Å². The van der Waals surface area contributed by atoms with Gasteiger partial charge in [-0.15, -0.1) is 0 Å². The maximum Gasteiger partial charge on any atom is 0.120 e. The van der Waals surface area contributed by atoms with Crippen LogP contribution in [0.3, 0.4) is 0 Å². The van der Waals surface area contributed by atoms with Crippen molar-refractivity contribution in [3.63, 3.8) is 0 Å². The fourth-order valence-electron chi connectivity index (χ4n) is 1.98. The normalized spacial score (nSPS) is 11.1. The van der Waals surface area contributed by atoms with Gasteiger partial charge in [-0.2, -0.15) is 0 Å². The number of methoxy groups -OCH3 is 1. The summed E-state index contributed by atoms with van der Waals surface area (Å²) in [5.41, 5.74) is 2.16. The monoisotopic (exact) mass is 231 g/mol. The summed E-state index contributed by atoms with van der Waals surface area (Å²) in [6, 6.07) is 11.8. The smallest absolute Gasteiger partial charge is 0.120 e. The first-order valence-electron chi connectivity index (χ1n) is 5.03. The molecule has 0 aliphatic carbocycles. The maximum atomic E-state index is 6.00. The zero-order valence-electron chi connectivity index (χ0n) is 8.75. The molecule has 2 nitrogen and oxygen atoms in total. The fraction of sp³-hybridized carbons (Fsp3) is 0.0769. The van der Waals surface area contributed by atoms with E-state index in [1.165, 1.54) is 5.39 Å². The summed E-state index contributed by atoms with van der Waals surface area (Å²) >= 11 is 6.00. The third kappa shape index (κ3) is 1.34. The SMILES string of the molecule is COc1ccc2c(c1)[nH]c1ccc(Cl)cc12. The van der Waals surface area contributed by atoms with E-state index in [2.05, 4.69) is 4.98 Å². The predicted molar refractivity (Wildman–Crippen MR) is 67.4 cm³/mol. The van der Waals surface area contributed by atoms with Gasteiger partial charge in [-0.25, -0.2) is 0 Å². The molecule has 0 amide bonds. The van der Waals surface area contributed by atoms with E-state index in [4.69, 9.17) is 16.3 Å². The average Bonchev–Trinajstić information content (AvgIpc) is 2.66. The lowest BCUT2D eigenvalue weighted by atomic mass is 10.1. The first-order chi connectivity index (χ1) is 7.78. The second-order valence-electron chi connectivity index (χ2n) is 3.73. The van der Waals surface area contributed by atoms with E-state index in [-0.39, 0.29) is 0 Å². The van der Waals surface area contributed by atoms with Crippen molar-refractivity contribution < 1.29 is 4.74 Å². The summed E-state index contributed by atoms with van der Waals surface area (Å²) in [6.45, 7) is 0. The van der Waals surface area contributed by atoms with Gasteiger partial charge >= 0.3 is 0 Å². The van der Waals surface area contributed by atoms with Gasteiger partial charge in [-0.3, -0.25) is 0 Å². The van der Waals surface area contributed by atoms with Gasteiger partial charge in [0.05, 0.1) is 12.6 Å². The second-order valence-corrected chi connectivity index (χ2v) is 4.16. The van der Waals surface area contributed by atoms with Crippen LogP contribution >= 0.6 is 11.6 Å². The number of benzene rings is 2. The number of aromatic amines is 1. The van der Waals surface area contributed by atoms with Crippen LogP contribution < -0.4 is 4.74 Å². The highest BCUT2D eigenvalue weighted by molar-refractivity contribution is 6.31. The van der Waals surface area contributed by atoms with Gasteiger partial charge in [0.1, 0.15) is 5.75 Å². The Labute approximate surface area is 97.8 Å². The molecule has 80 valence electrons. The molecule has 0 radical (unpaired) electrons. The number of H-pyrrole nitrogens is 1. The van der Waals surface area contributed by atoms with Crippen molar-refractivity contribution in [1.29, 1.82) is 0 Å². The zero-order chi connectivity index (χ0) is 11.1. The molecule has 0 bridgehead atoms. The van der Waals surface area contributed by atoms with E-state index in [9.17, 15) is 0 Å². The van der Waals surface area contributed by atoms with Crippen LogP contribution in [0.15, 0.2) is 36.4 Å². The standard InChI is InChI=1S/C13H10ClNO/c1-16-9-3-4-10-11-6-8(14)2-5-12(11)15-13(10)7-9/h2-7,15H,1H3. The predicted octanol–water partition coefficient (Wildman–Crippen LogP) is 3.98. The lowest BCUT2D eigenvalue weighted by Crippen LogP contribution is -1.80.